The van der Waals surface area contributed by atoms with Crippen LogP contribution in [0.1, 0.15) is 48.5 Å². The molecule has 1 N–H and O–H groups in total. The molecule has 1 aromatic rings. The van der Waals surface area contributed by atoms with Gasteiger partial charge in [-0.25, -0.2) is 4.79 Å². The molecular formula is C19H28N2O3. The van der Waals surface area contributed by atoms with Gasteiger partial charge < -0.3 is 14.9 Å². The largest absolute Gasteiger partial charge is 0.478 e. The van der Waals surface area contributed by atoms with Crippen LogP contribution in [0.5, 0.6) is 0 Å². The summed E-state index contributed by atoms with van der Waals surface area (Å²) in [6.07, 6.45) is 5.70. The third-order valence-electron chi connectivity index (χ3n) is 4.67. The van der Waals surface area contributed by atoms with E-state index in [1.807, 2.05) is 17.0 Å². The normalized spacial score (nSPS) is 15.2. The van der Waals surface area contributed by atoms with Gasteiger partial charge in [0.05, 0.1) is 5.56 Å². The molecule has 1 fully saturated rings. The lowest BCUT2D eigenvalue weighted by molar-refractivity contribution is -0.128. The van der Waals surface area contributed by atoms with Gasteiger partial charge in [0.2, 0.25) is 5.91 Å². The Labute approximate surface area is 144 Å². The van der Waals surface area contributed by atoms with E-state index in [0.717, 1.165) is 31.5 Å². The predicted molar refractivity (Wildman–Crippen MR) is 94.3 cm³/mol. The van der Waals surface area contributed by atoms with Crippen LogP contribution in [-0.4, -0.2) is 59.5 Å². The number of amides is 1. The molecule has 0 saturated carbocycles. The molecule has 24 heavy (non-hydrogen) atoms. The molecule has 0 unspecified atom stereocenters. The second kappa shape index (κ2) is 9.42. The number of nitrogens with zero attached hydrogens (tertiary/aromatic N) is 2. The average Bonchev–Trinajstić information content (AvgIpc) is 2.59. The molecule has 1 amide bonds. The zero-order chi connectivity index (χ0) is 17.4. The van der Waals surface area contributed by atoms with Crippen LogP contribution in [0.2, 0.25) is 0 Å². The first kappa shape index (κ1) is 18.5. The van der Waals surface area contributed by atoms with E-state index in [2.05, 4.69) is 4.90 Å². The first-order valence-corrected chi connectivity index (χ1v) is 8.86. The Bertz CT molecular complexity index is 536. The zero-order valence-electron chi connectivity index (χ0n) is 14.5. The van der Waals surface area contributed by atoms with E-state index in [-0.39, 0.29) is 5.91 Å². The number of carboxylic acid groups (broad SMARTS) is 1. The number of rotatable bonds is 8. The Morgan fingerprint density at radius 2 is 1.75 bits per heavy atom. The second-order valence-corrected chi connectivity index (χ2v) is 6.51. The highest BCUT2D eigenvalue weighted by atomic mass is 16.4. The minimum absolute atomic E-state index is 0.107. The van der Waals surface area contributed by atoms with Crippen molar-refractivity contribution in [3.05, 3.63) is 35.4 Å². The first-order valence-electron chi connectivity index (χ1n) is 8.86. The van der Waals surface area contributed by atoms with Gasteiger partial charge in [-0.2, -0.15) is 0 Å². The van der Waals surface area contributed by atoms with Gasteiger partial charge in [-0.3, -0.25) is 4.79 Å². The Balaban J connectivity index is 1.75. The fourth-order valence-corrected chi connectivity index (χ4v) is 3.17. The molecule has 0 aromatic heterocycles. The number of hydrogen-bond donors (Lipinski definition) is 1. The maximum atomic E-state index is 11.8. The third kappa shape index (κ3) is 5.96. The Kier molecular flexibility index (Phi) is 7.25. The molecule has 1 saturated heterocycles. The summed E-state index contributed by atoms with van der Waals surface area (Å²) in [6.45, 7) is 6.54. The van der Waals surface area contributed by atoms with Crippen molar-refractivity contribution in [1.29, 1.82) is 0 Å². The van der Waals surface area contributed by atoms with Gasteiger partial charge in [-0.1, -0.05) is 18.6 Å². The highest BCUT2D eigenvalue weighted by Crippen LogP contribution is 2.10. The van der Waals surface area contributed by atoms with Gasteiger partial charge in [-0.05, 0) is 63.0 Å². The number of aromatic carboxylic acids is 1. The summed E-state index contributed by atoms with van der Waals surface area (Å²) in [4.78, 5) is 27.1. The third-order valence-corrected chi connectivity index (χ3v) is 4.67. The molecule has 1 aromatic carbocycles. The summed E-state index contributed by atoms with van der Waals surface area (Å²) >= 11 is 0. The van der Waals surface area contributed by atoms with Crippen LogP contribution in [-0.2, 0) is 11.2 Å². The fraction of sp³-hybridized carbons (Fsp3) is 0.579. The van der Waals surface area contributed by atoms with Crippen molar-refractivity contribution in [2.45, 2.75) is 39.0 Å². The Morgan fingerprint density at radius 1 is 1.08 bits per heavy atom. The van der Waals surface area contributed by atoms with Crippen molar-refractivity contribution >= 4 is 11.9 Å². The number of benzene rings is 1. The molecule has 2 rings (SSSR count). The highest BCUT2D eigenvalue weighted by molar-refractivity contribution is 5.87. The van der Waals surface area contributed by atoms with Crippen LogP contribution < -0.4 is 0 Å². The van der Waals surface area contributed by atoms with Gasteiger partial charge in [0.15, 0.2) is 0 Å². The lowest BCUT2D eigenvalue weighted by atomic mass is 10.1. The fourth-order valence-electron chi connectivity index (χ4n) is 3.17. The molecule has 1 aliphatic heterocycles. The van der Waals surface area contributed by atoms with E-state index >= 15 is 0 Å². The van der Waals surface area contributed by atoms with Gasteiger partial charge in [0.1, 0.15) is 0 Å². The van der Waals surface area contributed by atoms with Gasteiger partial charge in [-0.15, -0.1) is 0 Å². The van der Waals surface area contributed by atoms with Crippen molar-refractivity contribution in [1.82, 2.24) is 9.80 Å². The predicted octanol–water partition coefficient (Wildman–Crippen LogP) is 2.65. The molecule has 0 bridgehead atoms. The lowest BCUT2D eigenvalue weighted by Gasteiger charge is -2.28. The summed E-state index contributed by atoms with van der Waals surface area (Å²) in [5.41, 5.74) is 1.35. The van der Waals surface area contributed by atoms with Crippen LogP contribution in [0.25, 0.3) is 0 Å². The minimum atomic E-state index is -0.912. The van der Waals surface area contributed by atoms with E-state index in [0.29, 0.717) is 12.1 Å². The topological polar surface area (TPSA) is 60.9 Å². The molecule has 0 atom stereocenters. The molecule has 0 aliphatic carbocycles. The van der Waals surface area contributed by atoms with Crippen LogP contribution in [0.4, 0.5) is 0 Å². The summed E-state index contributed by atoms with van der Waals surface area (Å²) < 4.78 is 0. The van der Waals surface area contributed by atoms with E-state index in [9.17, 15) is 9.59 Å². The van der Waals surface area contributed by atoms with E-state index in [1.54, 1.807) is 19.1 Å². The van der Waals surface area contributed by atoms with Crippen molar-refractivity contribution in [2.75, 3.05) is 32.7 Å². The minimum Gasteiger partial charge on any atom is -0.478 e. The molecule has 0 spiro atoms. The van der Waals surface area contributed by atoms with E-state index in [4.69, 9.17) is 5.11 Å². The number of carboxylic acids is 1. The van der Waals surface area contributed by atoms with Gasteiger partial charge in [0, 0.05) is 20.0 Å². The Morgan fingerprint density at radius 3 is 2.33 bits per heavy atom. The van der Waals surface area contributed by atoms with Gasteiger partial charge in [0.25, 0.3) is 0 Å². The molecule has 5 heteroatoms. The highest BCUT2D eigenvalue weighted by Gasteiger charge is 2.12. The van der Waals surface area contributed by atoms with Crippen molar-refractivity contribution in [3.8, 4) is 0 Å². The van der Waals surface area contributed by atoms with Crippen molar-refractivity contribution < 1.29 is 14.7 Å². The average molecular weight is 332 g/mol. The lowest BCUT2D eigenvalue weighted by Crippen LogP contribution is -2.36. The number of hydrogen-bond acceptors (Lipinski definition) is 3. The maximum Gasteiger partial charge on any atom is 0.335 e. The molecule has 1 heterocycles. The number of likely N-dealkylation sites (tertiary alicyclic amines) is 1. The smallest absolute Gasteiger partial charge is 0.335 e. The van der Waals surface area contributed by atoms with Crippen molar-refractivity contribution in [2.24, 2.45) is 0 Å². The van der Waals surface area contributed by atoms with Crippen molar-refractivity contribution in [3.63, 3.8) is 0 Å². The van der Waals surface area contributed by atoms with Crippen LogP contribution in [0, 0.1) is 0 Å². The second-order valence-electron chi connectivity index (χ2n) is 6.51. The summed E-state index contributed by atoms with van der Waals surface area (Å²) in [5, 5.41) is 8.91. The summed E-state index contributed by atoms with van der Waals surface area (Å²) in [7, 11) is 0. The molecular weight excluding hydrogens is 304 g/mol. The van der Waals surface area contributed by atoms with Crippen LogP contribution in [0.15, 0.2) is 24.3 Å². The SMILES string of the molecule is CC(=O)N(CCCN1CCCCC1)CCc1ccc(C(=O)O)cc1. The quantitative estimate of drug-likeness (QED) is 0.795. The zero-order valence-corrected chi connectivity index (χ0v) is 14.5. The summed E-state index contributed by atoms with van der Waals surface area (Å²) in [5.74, 6) is -0.805. The first-order chi connectivity index (χ1) is 11.6. The molecule has 0 radical (unpaired) electrons. The van der Waals surface area contributed by atoms with Gasteiger partial charge >= 0.3 is 5.97 Å². The summed E-state index contributed by atoms with van der Waals surface area (Å²) in [6, 6.07) is 6.89. The van der Waals surface area contributed by atoms with E-state index < -0.39 is 5.97 Å². The molecule has 1 aliphatic rings. The monoisotopic (exact) mass is 332 g/mol. The Hall–Kier alpha value is -1.88. The molecule has 132 valence electrons. The number of carbonyl (C=O) groups excluding carboxylic acids is 1. The standard InChI is InChI=1S/C19H28N2O3/c1-16(22)21(14-5-13-20-11-3-2-4-12-20)15-10-17-6-8-18(9-7-17)19(23)24/h6-9H,2-5,10-15H2,1H3,(H,23,24). The number of piperidine rings is 1. The van der Waals surface area contributed by atoms with E-state index in [1.165, 1.54) is 32.4 Å². The maximum absolute atomic E-state index is 11.8. The number of carbonyl (C=O) groups is 2. The van der Waals surface area contributed by atoms with Crippen LogP contribution in [0.3, 0.4) is 0 Å². The molecule has 5 nitrogen and oxygen atoms in total. The van der Waals surface area contributed by atoms with Crippen LogP contribution >= 0.6 is 0 Å².